The van der Waals surface area contributed by atoms with E-state index in [9.17, 15) is 9.59 Å². The Morgan fingerprint density at radius 2 is 2.00 bits per heavy atom. The molecule has 0 bridgehead atoms. The molecule has 0 spiro atoms. The number of amides is 1. The topological polar surface area (TPSA) is 77.5 Å². The minimum atomic E-state index is -0.669. The fourth-order valence-electron chi connectivity index (χ4n) is 1.96. The van der Waals surface area contributed by atoms with Gasteiger partial charge in [-0.2, -0.15) is 0 Å². The van der Waals surface area contributed by atoms with E-state index >= 15 is 0 Å². The molecule has 0 saturated carbocycles. The van der Waals surface area contributed by atoms with Gasteiger partial charge in [0, 0.05) is 17.8 Å². The molecule has 0 aliphatic heterocycles. The number of rotatable bonds is 6. The number of ether oxygens (including phenoxy) is 2. The Kier molecular flexibility index (Phi) is 7.00. The van der Waals surface area contributed by atoms with Gasteiger partial charge in [-0.05, 0) is 24.6 Å². The number of halogens is 2. The maximum Gasteiger partial charge on any atom is 0.331 e. The van der Waals surface area contributed by atoms with E-state index in [1.165, 1.54) is 19.4 Å². The average molecular weight is 395 g/mol. The third-order valence-electron chi connectivity index (χ3n) is 3.34. The van der Waals surface area contributed by atoms with Crippen molar-refractivity contribution in [2.45, 2.75) is 6.92 Å². The number of esters is 1. The lowest BCUT2D eigenvalue weighted by Crippen LogP contribution is -2.21. The van der Waals surface area contributed by atoms with Crippen LogP contribution in [0.25, 0.3) is 6.08 Å². The number of hydrogen-bond donors (Lipinski definition) is 1. The summed E-state index contributed by atoms with van der Waals surface area (Å²) in [5.41, 5.74) is 1.30. The molecule has 2 aromatic rings. The summed E-state index contributed by atoms with van der Waals surface area (Å²) in [6, 6.07) is 7.18. The number of aromatic nitrogens is 1. The summed E-state index contributed by atoms with van der Waals surface area (Å²) in [5.74, 6) is -0.468. The lowest BCUT2D eigenvalue weighted by atomic mass is 10.2. The highest BCUT2D eigenvalue weighted by molar-refractivity contribution is 6.37. The van der Waals surface area contributed by atoms with Crippen molar-refractivity contribution < 1.29 is 19.1 Å². The summed E-state index contributed by atoms with van der Waals surface area (Å²) in [7, 11) is 1.53. The van der Waals surface area contributed by atoms with Crippen LogP contribution in [0.2, 0.25) is 10.0 Å². The van der Waals surface area contributed by atoms with Crippen LogP contribution >= 0.6 is 23.2 Å². The van der Waals surface area contributed by atoms with Crippen LogP contribution in [0.3, 0.4) is 0 Å². The molecule has 136 valence electrons. The Balaban J connectivity index is 1.90. The smallest absolute Gasteiger partial charge is 0.331 e. The van der Waals surface area contributed by atoms with Crippen LogP contribution in [0.5, 0.6) is 5.75 Å². The number of hydrogen-bond acceptors (Lipinski definition) is 5. The van der Waals surface area contributed by atoms with E-state index in [1.54, 1.807) is 25.1 Å². The predicted octanol–water partition coefficient (Wildman–Crippen LogP) is 3.90. The number of benzene rings is 1. The molecule has 8 heteroatoms. The Bertz CT molecular complexity index is 853. The van der Waals surface area contributed by atoms with Gasteiger partial charge < -0.3 is 14.8 Å². The molecule has 0 fully saturated rings. The van der Waals surface area contributed by atoms with Gasteiger partial charge >= 0.3 is 5.97 Å². The van der Waals surface area contributed by atoms with Crippen molar-refractivity contribution >= 4 is 47.0 Å². The first-order valence-corrected chi connectivity index (χ1v) is 8.26. The minimum absolute atomic E-state index is 0.152. The monoisotopic (exact) mass is 394 g/mol. The van der Waals surface area contributed by atoms with Crippen molar-refractivity contribution in [3.63, 3.8) is 0 Å². The molecular formula is C18H16Cl2N2O4. The maximum atomic E-state index is 11.9. The van der Waals surface area contributed by atoms with Gasteiger partial charge in [0.05, 0.1) is 17.2 Å². The Morgan fingerprint density at radius 3 is 2.73 bits per heavy atom. The summed E-state index contributed by atoms with van der Waals surface area (Å²) >= 11 is 11.9. The number of pyridine rings is 1. The largest absolute Gasteiger partial charge is 0.496 e. The fraction of sp³-hybridized carbons (Fsp3) is 0.167. The molecule has 0 saturated heterocycles. The van der Waals surface area contributed by atoms with Crippen LogP contribution in [-0.2, 0) is 14.3 Å². The van der Waals surface area contributed by atoms with Crippen LogP contribution in [0.1, 0.15) is 11.1 Å². The van der Waals surface area contributed by atoms with Crippen LogP contribution in [0, 0.1) is 6.92 Å². The van der Waals surface area contributed by atoms with Crippen molar-refractivity contribution in [1.29, 1.82) is 0 Å². The first-order chi connectivity index (χ1) is 12.4. The van der Waals surface area contributed by atoms with E-state index < -0.39 is 18.5 Å². The second-order valence-electron chi connectivity index (χ2n) is 5.12. The van der Waals surface area contributed by atoms with Crippen molar-refractivity contribution in [2.24, 2.45) is 0 Å². The Morgan fingerprint density at radius 1 is 1.27 bits per heavy atom. The standard InChI is InChI=1S/C18H16Cl2N2O4/c1-11-13(19)9-21-18(17(11)20)22-15(23)10-26-16(24)8-7-12-5-3-4-6-14(12)25-2/h3-9H,10H2,1-2H3,(H,21,22,23)/b8-7+. The summed E-state index contributed by atoms with van der Waals surface area (Å²) in [5, 5.41) is 3.08. The van der Waals surface area contributed by atoms with E-state index in [0.717, 1.165) is 0 Å². The number of nitrogens with one attached hydrogen (secondary N) is 1. The van der Waals surface area contributed by atoms with Gasteiger partial charge in [0.1, 0.15) is 5.75 Å². The molecular weight excluding hydrogens is 379 g/mol. The summed E-state index contributed by atoms with van der Waals surface area (Å²) in [6.45, 7) is 1.22. The number of methoxy groups -OCH3 is 1. The summed E-state index contributed by atoms with van der Waals surface area (Å²) < 4.78 is 10.1. The Labute approximate surface area is 160 Å². The normalized spacial score (nSPS) is 10.6. The van der Waals surface area contributed by atoms with Crippen molar-refractivity contribution in [1.82, 2.24) is 4.98 Å². The average Bonchev–Trinajstić information content (AvgIpc) is 2.65. The van der Waals surface area contributed by atoms with Gasteiger partial charge in [-0.3, -0.25) is 4.79 Å². The van der Waals surface area contributed by atoms with Gasteiger partial charge in [-0.1, -0.05) is 41.4 Å². The molecule has 1 N–H and O–H groups in total. The van der Waals surface area contributed by atoms with E-state index in [1.807, 2.05) is 12.1 Å². The summed E-state index contributed by atoms with van der Waals surface area (Å²) in [6.07, 6.45) is 4.13. The molecule has 0 aliphatic carbocycles. The second-order valence-corrected chi connectivity index (χ2v) is 5.91. The molecule has 1 amide bonds. The molecule has 1 aromatic carbocycles. The number of nitrogens with zero attached hydrogens (tertiary/aromatic N) is 1. The highest BCUT2D eigenvalue weighted by atomic mass is 35.5. The third-order valence-corrected chi connectivity index (χ3v) is 4.19. The lowest BCUT2D eigenvalue weighted by molar-refractivity contribution is -0.142. The van der Waals surface area contributed by atoms with Gasteiger partial charge in [0.25, 0.3) is 5.91 Å². The molecule has 6 nitrogen and oxygen atoms in total. The van der Waals surface area contributed by atoms with Gasteiger partial charge in [0.2, 0.25) is 0 Å². The van der Waals surface area contributed by atoms with Gasteiger partial charge in [-0.25, -0.2) is 9.78 Å². The quantitative estimate of drug-likeness (QED) is 0.593. The molecule has 0 atom stereocenters. The molecule has 2 rings (SSSR count). The molecule has 1 heterocycles. The van der Waals surface area contributed by atoms with Crippen LogP contribution in [0.4, 0.5) is 5.82 Å². The van der Waals surface area contributed by atoms with Crippen molar-refractivity contribution in [3.8, 4) is 5.75 Å². The van der Waals surface area contributed by atoms with Crippen LogP contribution in [-0.4, -0.2) is 30.6 Å². The minimum Gasteiger partial charge on any atom is -0.496 e. The van der Waals surface area contributed by atoms with Gasteiger partial charge in [0.15, 0.2) is 12.4 Å². The SMILES string of the molecule is COc1ccccc1/C=C/C(=O)OCC(=O)Nc1ncc(Cl)c(C)c1Cl. The molecule has 0 radical (unpaired) electrons. The highest BCUT2D eigenvalue weighted by Crippen LogP contribution is 2.28. The number of anilines is 1. The van der Waals surface area contributed by atoms with Crippen molar-refractivity contribution in [2.75, 3.05) is 19.0 Å². The predicted molar refractivity (Wildman–Crippen MR) is 101 cm³/mol. The zero-order chi connectivity index (χ0) is 19.1. The third kappa shape index (κ3) is 5.21. The Hall–Kier alpha value is -2.57. The number of carbonyl (C=O) groups is 2. The second kappa shape index (κ2) is 9.22. The van der Waals surface area contributed by atoms with E-state index in [4.69, 9.17) is 32.7 Å². The lowest BCUT2D eigenvalue weighted by Gasteiger charge is -2.09. The number of carbonyl (C=O) groups excluding carboxylic acids is 2. The zero-order valence-electron chi connectivity index (χ0n) is 14.1. The van der Waals surface area contributed by atoms with Crippen molar-refractivity contribution in [3.05, 3.63) is 57.7 Å². The molecule has 1 aromatic heterocycles. The number of para-hydroxylation sites is 1. The first kappa shape index (κ1) is 19.8. The highest BCUT2D eigenvalue weighted by Gasteiger charge is 2.12. The van der Waals surface area contributed by atoms with E-state index in [0.29, 0.717) is 21.9 Å². The van der Waals surface area contributed by atoms with Crippen LogP contribution in [0.15, 0.2) is 36.5 Å². The fourth-order valence-corrected chi connectivity index (χ4v) is 2.35. The zero-order valence-corrected chi connectivity index (χ0v) is 15.6. The van der Waals surface area contributed by atoms with Crippen LogP contribution < -0.4 is 10.1 Å². The summed E-state index contributed by atoms with van der Waals surface area (Å²) in [4.78, 5) is 27.6. The molecule has 0 unspecified atom stereocenters. The maximum absolute atomic E-state index is 11.9. The van der Waals surface area contributed by atoms with E-state index in [2.05, 4.69) is 10.3 Å². The first-order valence-electron chi connectivity index (χ1n) is 7.50. The van der Waals surface area contributed by atoms with Gasteiger partial charge in [-0.15, -0.1) is 0 Å². The molecule has 0 aliphatic rings. The van der Waals surface area contributed by atoms with E-state index in [-0.39, 0.29) is 10.8 Å². The molecule has 26 heavy (non-hydrogen) atoms.